The molecule has 1 N–H and O–H groups in total. The number of carboxylic acids is 1. The van der Waals surface area contributed by atoms with Gasteiger partial charge in [0.15, 0.2) is 0 Å². The highest BCUT2D eigenvalue weighted by atomic mass is 16.4. The van der Waals surface area contributed by atoms with E-state index in [0.29, 0.717) is 5.56 Å². The van der Waals surface area contributed by atoms with Crippen molar-refractivity contribution in [3.8, 4) is 11.8 Å². The van der Waals surface area contributed by atoms with Crippen molar-refractivity contribution < 1.29 is 14.7 Å². The molecule has 0 spiro atoms. The molecule has 0 amide bonds. The van der Waals surface area contributed by atoms with Crippen LogP contribution in [0.5, 0.6) is 0 Å². The lowest BCUT2D eigenvalue weighted by Crippen LogP contribution is -2.14. The van der Waals surface area contributed by atoms with Gasteiger partial charge in [0.2, 0.25) is 5.78 Å². The van der Waals surface area contributed by atoms with Gasteiger partial charge in [0, 0.05) is 17.5 Å². The smallest absolute Gasteiger partial charge is 0.372 e. The Morgan fingerprint density at radius 2 is 1.42 bits per heavy atom. The molecule has 0 aliphatic heterocycles. The molecule has 24 heavy (non-hydrogen) atoms. The molecule has 0 atom stereocenters. The largest absolute Gasteiger partial charge is 0.475 e. The molecule has 0 aliphatic carbocycles. The quantitative estimate of drug-likeness (QED) is 0.595. The summed E-state index contributed by atoms with van der Waals surface area (Å²) in [4.78, 5) is 21.7. The number of carbonyl (C=O) groups excluding carboxylic acids is 1. The maximum Gasteiger partial charge on any atom is 0.372 e. The van der Waals surface area contributed by atoms with Gasteiger partial charge in [-0.05, 0) is 40.6 Å². The second-order valence-corrected chi connectivity index (χ2v) is 5.41. The van der Waals surface area contributed by atoms with Gasteiger partial charge in [-0.15, -0.1) is 0 Å². The van der Waals surface area contributed by atoms with Crippen LogP contribution < -0.4 is 0 Å². The van der Waals surface area contributed by atoms with Crippen molar-refractivity contribution in [2.24, 2.45) is 0 Å². The monoisotopic (exact) mass is 314 g/mol. The van der Waals surface area contributed by atoms with Crippen molar-refractivity contribution in [3.63, 3.8) is 0 Å². The Morgan fingerprint density at radius 1 is 0.792 bits per heavy atom. The van der Waals surface area contributed by atoms with Gasteiger partial charge in [-0.25, -0.2) is 4.79 Å². The van der Waals surface area contributed by atoms with E-state index in [1.54, 1.807) is 24.3 Å². The molecule has 0 radical (unpaired) electrons. The molecule has 0 aromatic heterocycles. The zero-order valence-electron chi connectivity index (χ0n) is 12.8. The van der Waals surface area contributed by atoms with Gasteiger partial charge in [-0.2, -0.15) is 0 Å². The fourth-order valence-corrected chi connectivity index (χ4v) is 2.38. The van der Waals surface area contributed by atoms with Crippen LogP contribution in [-0.2, 0) is 16.0 Å². The summed E-state index contributed by atoms with van der Waals surface area (Å²) in [6.45, 7) is 0. The molecule has 3 aromatic rings. The predicted molar refractivity (Wildman–Crippen MR) is 92.7 cm³/mol. The number of hydrogen-bond donors (Lipinski definition) is 1. The van der Waals surface area contributed by atoms with E-state index in [2.05, 4.69) is 24.0 Å². The Balaban J connectivity index is 1.77. The van der Waals surface area contributed by atoms with Gasteiger partial charge in [-0.1, -0.05) is 54.3 Å². The molecule has 3 aromatic carbocycles. The van der Waals surface area contributed by atoms with Crippen molar-refractivity contribution in [1.29, 1.82) is 0 Å². The third-order valence-electron chi connectivity index (χ3n) is 3.66. The van der Waals surface area contributed by atoms with Crippen molar-refractivity contribution >= 4 is 22.5 Å². The Morgan fingerprint density at radius 3 is 2.12 bits per heavy atom. The van der Waals surface area contributed by atoms with Crippen LogP contribution in [0.4, 0.5) is 0 Å². The number of Topliss-reactive ketones (excluding diaryl/α,β-unsaturated/α-hetero) is 1. The number of ketones is 1. The summed E-state index contributed by atoms with van der Waals surface area (Å²) < 4.78 is 0. The summed E-state index contributed by atoms with van der Waals surface area (Å²) in [5.74, 6) is 3.98. The highest BCUT2D eigenvalue weighted by Crippen LogP contribution is 2.15. The number of hydrogen-bond acceptors (Lipinski definition) is 2. The fraction of sp³-hybridized carbons (Fsp3) is 0.0476. The normalized spacial score (nSPS) is 10.0. The molecule has 0 unspecified atom stereocenters. The molecule has 3 nitrogen and oxygen atoms in total. The Labute approximate surface area is 139 Å². The molecule has 3 rings (SSSR count). The Kier molecular flexibility index (Phi) is 4.40. The third-order valence-corrected chi connectivity index (χ3v) is 3.66. The molecule has 116 valence electrons. The average Bonchev–Trinajstić information content (AvgIpc) is 2.61. The van der Waals surface area contributed by atoms with E-state index in [1.807, 2.05) is 30.3 Å². The van der Waals surface area contributed by atoms with E-state index in [1.165, 1.54) is 5.39 Å². The van der Waals surface area contributed by atoms with Crippen LogP contribution in [0.1, 0.15) is 16.7 Å². The third kappa shape index (κ3) is 3.68. The summed E-state index contributed by atoms with van der Waals surface area (Å²) in [5.41, 5.74) is 2.41. The zero-order valence-corrected chi connectivity index (χ0v) is 12.8. The van der Waals surface area contributed by atoms with E-state index < -0.39 is 11.8 Å². The highest BCUT2D eigenvalue weighted by molar-refractivity contribution is 6.33. The predicted octanol–water partition coefficient (Wildman–Crippen LogP) is 3.44. The first-order valence-corrected chi connectivity index (χ1v) is 7.48. The van der Waals surface area contributed by atoms with Crippen LogP contribution in [0.3, 0.4) is 0 Å². The molecular weight excluding hydrogens is 300 g/mol. The van der Waals surface area contributed by atoms with Crippen molar-refractivity contribution in [1.82, 2.24) is 0 Å². The summed E-state index contributed by atoms with van der Waals surface area (Å²) in [7, 11) is 0. The Hall–Kier alpha value is -3.38. The number of rotatable bonds is 3. The number of carboxylic acid groups (broad SMARTS) is 1. The zero-order chi connectivity index (χ0) is 16.9. The first-order chi connectivity index (χ1) is 11.6. The van der Waals surface area contributed by atoms with E-state index >= 15 is 0 Å². The van der Waals surface area contributed by atoms with Gasteiger partial charge in [0.05, 0.1) is 0 Å². The molecule has 0 aliphatic rings. The van der Waals surface area contributed by atoms with Crippen LogP contribution in [0.15, 0.2) is 66.7 Å². The maximum absolute atomic E-state index is 11.2. The van der Waals surface area contributed by atoms with Crippen molar-refractivity contribution in [2.75, 3.05) is 0 Å². The minimum atomic E-state index is -1.41. The molecule has 0 heterocycles. The molecule has 3 heteroatoms. The maximum atomic E-state index is 11.2. The minimum absolute atomic E-state index is 0.103. The highest BCUT2D eigenvalue weighted by Gasteiger charge is 2.11. The van der Waals surface area contributed by atoms with Gasteiger partial charge in [0.25, 0.3) is 0 Å². The van der Waals surface area contributed by atoms with E-state index in [-0.39, 0.29) is 6.42 Å². The van der Waals surface area contributed by atoms with Gasteiger partial charge in [-0.3, -0.25) is 4.79 Å². The number of fused-ring (bicyclic) bond motifs is 1. The van der Waals surface area contributed by atoms with Crippen LogP contribution in [0.25, 0.3) is 10.8 Å². The van der Waals surface area contributed by atoms with Crippen LogP contribution >= 0.6 is 0 Å². The fourth-order valence-electron chi connectivity index (χ4n) is 2.38. The summed E-state index contributed by atoms with van der Waals surface area (Å²) in [6.07, 6.45) is -0.103. The number of carbonyl (C=O) groups is 2. The molecule has 0 bridgehead atoms. The number of benzene rings is 3. The second kappa shape index (κ2) is 6.80. The first-order valence-electron chi connectivity index (χ1n) is 7.48. The SMILES string of the molecule is O=C(O)C(=O)Cc1ccc(C#Cc2ccc3ccccc3c2)cc1. The second-order valence-electron chi connectivity index (χ2n) is 5.41. The van der Waals surface area contributed by atoms with Crippen molar-refractivity contribution in [2.45, 2.75) is 6.42 Å². The van der Waals surface area contributed by atoms with Gasteiger partial charge in [0.1, 0.15) is 0 Å². The summed E-state index contributed by atoms with van der Waals surface area (Å²) >= 11 is 0. The van der Waals surface area contributed by atoms with Gasteiger partial charge >= 0.3 is 5.97 Å². The lowest BCUT2D eigenvalue weighted by Gasteiger charge is -1.99. The molecule has 0 fully saturated rings. The molecule has 0 saturated heterocycles. The molecule has 0 saturated carbocycles. The van der Waals surface area contributed by atoms with Crippen LogP contribution in [0.2, 0.25) is 0 Å². The summed E-state index contributed by atoms with van der Waals surface area (Å²) in [6, 6.07) is 21.2. The topological polar surface area (TPSA) is 54.4 Å². The van der Waals surface area contributed by atoms with E-state index in [9.17, 15) is 9.59 Å². The van der Waals surface area contributed by atoms with E-state index in [0.717, 1.165) is 16.5 Å². The van der Waals surface area contributed by atoms with E-state index in [4.69, 9.17) is 5.11 Å². The average molecular weight is 314 g/mol. The van der Waals surface area contributed by atoms with Crippen LogP contribution in [0, 0.1) is 11.8 Å². The first kappa shape index (κ1) is 15.5. The van der Waals surface area contributed by atoms with Crippen LogP contribution in [-0.4, -0.2) is 16.9 Å². The van der Waals surface area contributed by atoms with Gasteiger partial charge < -0.3 is 5.11 Å². The minimum Gasteiger partial charge on any atom is -0.475 e. The standard InChI is InChI=1S/C21H14O3/c22-20(21(23)24)14-17-9-6-15(7-10-17)5-8-16-11-12-18-3-1-2-4-19(18)13-16/h1-4,6-7,9-13H,14H2,(H,23,24). The lowest BCUT2D eigenvalue weighted by atomic mass is 10.1. The lowest BCUT2D eigenvalue weighted by molar-refractivity contribution is -0.148. The Bertz CT molecular complexity index is 973. The number of aliphatic carboxylic acids is 1. The summed E-state index contributed by atoms with van der Waals surface area (Å²) in [5, 5.41) is 10.9. The van der Waals surface area contributed by atoms with Crippen molar-refractivity contribution in [3.05, 3.63) is 83.4 Å². The molecular formula is C21H14O3.